The van der Waals surface area contributed by atoms with E-state index in [0.717, 1.165) is 45.2 Å². The van der Waals surface area contributed by atoms with Crippen LogP contribution in [0, 0.1) is 5.92 Å². The lowest BCUT2D eigenvalue weighted by Crippen LogP contribution is -2.46. The Bertz CT molecular complexity index is 654. The van der Waals surface area contributed by atoms with Gasteiger partial charge in [0.1, 0.15) is 0 Å². The predicted molar refractivity (Wildman–Crippen MR) is 138 cm³/mol. The third-order valence-electron chi connectivity index (χ3n) is 6.40. The topological polar surface area (TPSA) is 46.1 Å². The van der Waals surface area contributed by atoms with E-state index in [4.69, 9.17) is 0 Å². The number of piperazine rings is 1. The molecule has 170 valence electrons. The zero-order valence-corrected chi connectivity index (χ0v) is 21.7. The summed E-state index contributed by atoms with van der Waals surface area (Å²) in [7, 11) is 4.06. The molecule has 0 amide bonds. The van der Waals surface area contributed by atoms with Crippen LogP contribution in [0.3, 0.4) is 0 Å². The van der Waals surface area contributed by atoms with Crippen LogP contribution in [0.1, 0.15) is 31.9 Å². The maximum Gasteiger partial charge on any atom is 0.191 e. The second-order valence-corrected chi connectivity index (χ2v) is 9.10. The van der Waals surface area contributed by atoms with Crippen LogP contribution in [0.15, 0.2) is 29.3 Å². The van der Waals surface area contributed by atoms with Gasteiger partial charge in [-0.1, -0.05) is 31.2 Å². The molecule has 0 saturated carbocycles. The molecular formula is C23H41IN6. The van der Waals surface area contributed by atoms with Crippen LogP contribution in [-0.2, 0) is 13.1 Å². The van der Waals surface area contributed by atoms with Crippen LogP contribution < -0.4 is 10.6 Å². The number of aliphatic imine (C=N–C) groups is 1. The Morgan fingerprint density at radius 2 is 1.70 bits per heavy atom. The van der Waals surface area contributed by atoms with Crippen molar-refractivity contribution in [1.82, 2.24) is 25.3 Å². The smallest absolute Gasteiger partial charge is 0.191 e. The van der Waals surface area contributed by atoms with Crippen molar-refractivity contribution in [1.29, 1.82) is 0 Å². The summed E-state index contributed by atoms with van der Waals surface area (Å²) in [6.45, 7) is 15.6. The lowest BCUT2D eigenvalue weighted by atomic mass is 10.1. The summed E-state index contributed by atoms with van der Waals surface area (Å²) in [6.07, 6.45) is 0. The van der Waals surface area contributed by atoms with Gasteiger partial charge in [-0.25, -0.2) is 0 Å². The molecule has 2 atom stereocenters. The maximum atomic E-state index is 4.44. The molecule has 3 rings (SSSR count). The molecule has 2 N–H and O–H groups in total. The number of hydrogen-bond donors (Lipinski definition) is 2. The quantitative estimate of drug-likeness (QED) is 0.338. The number of likely N-dealkylation sites (tertiary alicyclic amines) is 1. The second kappa shape index (κ2) is 12.2. The summed E-state index contributed by atoms with van der Waals surface area (Å²) in [4.78, 5) is 11.9. The highest BCUT2D eigenvalue weighted by Gasteiger charge is 2.31. The fourth-order valence-electron chi connectivity index (χ4n) is 4.20. The number of rotatable bonds is 6. The highest BCUT2D eigenvalue weighted by atomic mass is 127. The molecule has 2 aliphatic rings. The average molecular weight is 529 g/mol. The number of guanidine groups is 1. The van der Waals surface area contributed by atoms with Crippen LogP contribution in [0.2, 0.25) is 0 Å². The average Bonchev–Trinajstić information content (AvgIpc) is 3.08. The summed E-state index contributed by atoms with van der Waals surface area (Å²) < 4.78 is 0. The molecule has 0 aromatic heterocycles. The van der Waals surface area contributed by atoms with Crippen molar-refractivity contribution in [3.05, 3.63) is 35.4 Å². The van der Waals surface area contributed by atoms with Crippen LogP contribution in [-0.4, -0.2) is 86.1 Å². The lowest BCUT2D eigenvalue weighted by molar-refractivity contribution is 0.148. The largest absolute Gasteiger partial charge is 0.352 e. The number of nitrogens with one attached hydrogen (secondary N) is 2. The van der Waals surface area contributed by atoms with E-state index in [0.29, 0.717) is 18.0 Å². The molecule has 2 heterocycles. The molecule has 7 heteroatoms. The Balaban J connectivity index is 0.00000320. The number of likely N-dealkylation sites (N-methyl/N-ethyl adjacent to an activating group) is 1. The molecule has 30 heavy (non-hydrogen) atoms. The Morgan fingerprint density at radius 1 is 1.07 bits per heavy atom. The van der Waals surface area contributed by atoms with Gasteiger partial charge < -0.3 is 15.5 Å². The summed E-state index contributed by atoms with van der Waals surface area (Å²) in [5.74, 6) is 1.53. The number of nitrogens with zero attached hydrogens (tertiary/aromatic N) is 4. The minimum atomic E-state index is 0. The Morgan fingerprint density at radius 3 is 2.27 bits per heavy atom. The Hall–Kier alpha value is -0.900. The fourth-order valence-corrected chi connectivity index (χ4v) is 4.20. The first-order chi connectivity index (χ1) is 13.9. The number of hydrogen-bond acceptors (Lipinski definition) is 4. The van der Waals surface area contributed by atoms with Gasteiger partial charge in [0, 0.05) is 71.5 Å². The van der Waals surface area contributed by atoms with Crippen molar-refractivity contribution in [3.8, 4) is 0 Å². The van der Waals surface area contributed by atoms with Crippen molar-refractivity contribution < 1.29 is 0 Å². The monoisotopic (exact) mass is 528 g/mol. The van der Waals surface area contributed by atoms with E-state index >= 15 is 0 Å². The molecule has 2 fully saturated rings. The van der Waals surface area contributed by atoms with Gasteiger partial charge in [-0.05, 0) is 37.9 Å². The third-order valence-corrected chi connectivity index (χ3v) is 6.40. The van der Waals surface area contributed by atoms with Crippen molar-refractivity contribution in [2.75, 3.05) is 53.4 Å². The van der Waals surface area contributed by atoms with Gasteiger partial charge in [-0.2, -0.15) is 0 Å². The van der Waals surface area contributed by atoms with Crippen molar-refractivity contribution in [2.24, 2.45) is 10.9 Å². The van der Waals surface area contributed by atoms with Crippen LogP contribution >= 0.6 is 24.0 Å². The molecule has 1 aromatic carbocycles. The van der Waals surface area contributed by atoms with Crippen LogP contribution in [0.25, 0.3) is 0 Å². The first-order valence-corrected chi connectivity index (χ1v) is 11.1. The van der Waals surface area contributed by atoms with E-state index in [1.54, 1.807) is 0 Å². The van der Waals surface area contributed by atoms with Crippen molar-refractivity contribution in [3.63, 3.8) is 0 Å². The molecular weight excluding hydrogens is 487 g/mol. The zero-order valence-electron chi connectivity index (χ0n) is 19.4. The summed E-state index contributed by atoms with van der Waals surface area (Å²) in [5, 5.41) is 7.11. The molecule has 1 aromatic rings. The van der Waals surface area contributed by atoms with Crippen molar-refractivity contribution >= 4 is 29.9 Å². The van der Waals surface area contributed by atoms with Gasteiger partial charge in [0.25, 0.3) is 0 Å². The Kier molecular flexibility index (Phi) is 10.3. The summed E-state index contributed by atoms with van der Waals surface area (Å²) in [5.41, 5.74) is 2.69. The van der Waals surface area contributed by atoms with Gasteiger partial charge in [-0.3, -0.25) is 14.8 Å². The third kappa shape index (κ3) is 7.35. The molecule has 0 aliphatic carbocycles. The van der Waals surface area contributed by atoms with Gasteiger partial charge in [0.2, 0.25) is 0 Å². The van der Waals surface area contributed by atoms with Gasteiger partial charge in [0.15, 0.2) is 5.96 Å². The predicted octanol–water partition coefficient (Wildman–Crippen LogP) is 2.45. The highest BCUT2D eigenvalue weighted by molar-refractivity contribution is 14.0. The van der Waals surface area contributed by atoms with Gasteiger partial charge >= 0.3 is 0 Å². The van der Waals surface area contributed by atoms with Crippen LogP contribution in [0.4, 0.5) is 0 Å². The van der Waals surface area contributed by atoms with Gasteiger partial charge in [0.05, 0.1) is 0 Å². The van der Waals surface area contributed by atoms with E-state index < -0.39 is 0 Å². The Labute approximate surface area is 200 Å². The normalized spacial score (nSPS) is 24.1. The summed E-state index contributed by atoms with van der Waals surface area (Å²) >= 11 is 0. The zero-order chi connectivity index (χ0) is 20.8. The molecule has 0 radical (unpaired) electrons. The highest BCUT2D eigenvalue weighted by Crippen LogP contribution is 2.18. The van der Waals surface area contributed by atoms with E-state index in [-0.39, 0.29) is 24.0 Å². The fraction of sp³-hybridized carbons (Fsp3) is 0.696. The molecule has 0 bridgehead atoms. The van der Waals surface area contributed by atoms with Crippen LogP contribution in [0.5, 0.6) is 0 Å². The molecule has 0 spiro atoms. The minimum Gasteiger partial charge on any atom is -0.352 e. The molecule has 2 aliphatic heterocycles. The number of halogens is 1. The maximum absolute atomic E-state index is 4.44. The molecule has 2 saturated heterocycles. The minimum absolute atomic E-state index is 0. The lowest BCUT2D eigenvalue weighted by Gasteiger charge is -2.32. The summed E-state index contributed by atoms with van der Waals surface area (Å²) in [6, 6.07) is 10.1. The SMILES string of the molecule is CN=C(NCc1ccc(CN2CCN(C)CC2)cc1)NC1CN(C(C)C)CC1C.I. The van der Waals surface area contributed by atoms with Crippen molar-refractivity contribution in [2.45, 2.75) is 45.9 Å². The standard InChI is InChI=1S/C23H40N6.HI/c1-18(2)29-15-19(3)22(17-29)26-23(24-4)25-14-20-6-8-21(9-7-20)16-28-12-10-27(5)11-13-28;/h6-9,18-19,22H,10-17H2,1-5H3,(H2,24,25,26);1H. The van der Waals surface area contributed by atoms with E-state index in [1.165, 1.54) is 24.2 Å². The number of benzene rings is 1. The first-order valence-electron chi connectivity index (χ1n) is 11.1. The van der Waals surface area contributed by atoms with E-state index in [2.05, 4.69) is 82.4 Å². The van der Waals surface area contributed by atoms with E-state index in [9.17, 15) is 0 Å². The van der Waals surface area contributed by atoms with Gasteiger partial charge in [-0.15, -0.1) is 24.0 Å². The molecule has 2 unspecified atom stereocenters. The molecule has 6 nitrogen and oxygen atoms in total. The second-order valence-electron chi connectivity index (χ2n) is 9.10. The first kappa shape index (κ1) is 25.4. The van der Waals surface area contributed by atoms with E-state index in [1.807, 2.05) is 7.05 Å².